The van der Waals surface area contributed by atoms with Gasteiger partial charge in [-0.3, -0.25) is 14.3 Å². The van der Waals surface area contributed by atoms with Crippen LogP contribution in [0.25, 0.3) is 22.6 Å². The summed E-state index contributed by atoms with van der Waals surface area (Å²) >= 11 is 0. The van der Waals surface area contributed by atoms with Crippen molar-refractivity contribution in [3.8, 4) is 17.3 Å². The van der Waals surface area contributed by atoms with Gasteiger partial charge in [-0.1, -0.05) is 0 Å². The predicted octanol–water partition coefficient (Wildman–Crippen LogP) is 2.52. The monoisotopic (exact) mass is 522 g/mol. The molecular weight excluding hydrogens is 496 g/mol. The van der Waals surface area contributed by atoms with Gasteiger partial charge in [0.2, 0.25) is 5.88 Å². The Morgan fingerprint density at radius 1 is 1.11 bits per heavy atom. The SMILES string of the molecule is COc1ncnc(C2CC2)c1-c1ncc2nc(NCc3ccc(S(C)(=O)=O)cn3)c(=O)n(C(C)C)c2n1. The van der Waals surface area contributed by atoms with Crippen LogP contribution in [0.3, 0.4) is 0 Å². The Kier molecular flexibility index (Phi) is 6.31. The van der Waals surface area contributed by atoms with Gasteiger partial charge in [0.05, 0.1) is 36.1 Å². The first-order chi connectivity index (χ1) is 17.7. The summed E-state index contributed by atoms with van der Waals surface area (Å²) in [6, 6.07) is 2.85. The second-order valence-electron chi connectivity index (χ2n) is 9.16. The fourth-order valence-electron chi connectivity index (χ4n) is 4.04. The molecule has 0 atom stereocenters. The number of anilines is 1. The summed E-state index contributed by atoms with van der Waals surface area (Å²) in [6.07, 6.45) is 7.52. The van der Waals surface area contributed by atoms with Gasteiger partial charge in [0.1, 0.15) is 17.4 Å². The number of hydrogen-bond acceptors (Lipinski definition) is 11. The Labute approximate surface area is 213 Å². The lowest BCUT2D eigenvalue weighted by Crippen LogP contribution is -2.27. The molecule has 0 unspecified atom stereocenters. The summed E-state index contributed by atoms with van der Waals surface area (Å²) in [6.45, 7) is 3.96. The van der Waals surface area contributed by atoms with E-state index in [9.17, 15) is 13.2 Å². The number of sulfone groups is 1. The summed E-state index contributed by atoms with van der Waals surface area (Å²) in [7, 11) is -1.81. The van der Waals surface area contributed by atoms with Crippen molar-refractivity contribution in [1.82, 2.24) is 34.5 Å². The van der Waals surface area contributed by atoms with Crippen LogP contribution in [-0.2, 0) is 16.4 Å². The van der Waals surface area contributed by atoms with Gasteiger partial charge in [0, 0.05) is 24.4 Å². The van der Waals surface area contributed by atoms with Gasteiger partial charge in [0.25, 0.3) is 5.56 Å². The quantitative estimate of drug-likeness (QED) is 0.363. The summed E-state index contributed by atoms with van der Waals surface area (Å²) in [5, 5.41) is 3.02. The van der Waals surface area contributed by atoms with E-state index in [0.717, 1.165) is 24.8 Å². The number of hydrogen-bond donors (Lipinski definition) is 1. The highest BCUT2D eigenvalue weighted by molar-refractivity contribution is 7.90. The zero-order valence-corrected chi connectivity index (χ0v) is 21.7. The first kappa shape index (κ1) is 24.7. The molecule has 0 saturated heterocycles. The number of ether oxygens (including phenoxy) is 1. The Morgan fingerprint density at radius 2 is 1.89 bits per heavy atom. The summed E-state index contributed by atoms with van der Waals surface area (Å²) in [5.74, 6) is 1.18. The fourth-order valence-corrected chi connectivity index (χ4v) is 4.60. The molecule has 0 aromatic carbocycles. The molecule has 0 amide bonds. The number of pyridine rings is 1. The summed E-state index contributed by atoms with van der Waals surface area (Å²) < 4.78 is 30.4. The Balaban J connectivity index is 1.54. The predicted molar refractivity (Wildman–Crippen MR) is 136 cm³/mol. The third-order valence-corrected chi connectivity index (χ3v) is 7.13. The lowest BCUT2D eigenvalue weighted by molar-refractivity contribution is 0.397. The van der Waals surface area contributed by atoms with Crippen LogP contribution >= 0.6 is 0 Å². The summed E-state index contributed by atoms with van der Waals surface area (Å²) in [4.78, 5) is 40.2. The minimum absolute atomic E-state index is 0.117. The van der Waals surface area contributed by atoms with Crippen LogP contribution in [0, 0.1) is 0 Å². The molecule has 1 saturated carbocycles. The molecule has 5 rings (SSSR count). The molecule has 1 aliphatic rings. The van der Waals surface area contributed by atoms with Gasteiger partial charge >= 0.3 is 0 Å². The van der Waals surface area contributed by atoms with Crippen molar-refractivity contribution in [3.63, 3.8) is 0 Å². The van der Waals surface area contributed by atoms with Crippen molar-refractivity contribution in [2.24, 2.45) is 0 Å². The highest BCUT2D eigenvalue weighted by Crippen LogP contribution is 2.44. The van der Waals surface area contributed by atoms with Crippen LogP contribution in [0.15, 0.2) is 40.5 Å². The van der Waals surface area contributed by atoms with Crippen molar-refractivity contribution in [1.29, 1.82) is 0 Å². The largest absolute Gasteiger partial charge is 0.480 e. The smallest absolute Gasteiger partial charge is 0.295 e. The lowest BCUT2D eigenvalue weighted by atomic mass is 10.1. The first-order valence-corrected chi connectivity index (χ1v) is 13.6. The van der Waals surface area contributed by atoms with Crippen LogP contribution in [0.1, 0.15) is 50.0 Å². The van der Waals surface area contributed by atoms with Gasteiger partial charge in [-0.25, -0.2) is 33.3 Å². The van der Waals surface area contributed by atoms with Gasteiger partial charge in [-0.15, -0.1) is 0 Å². The Bertz CT molecular complexity index is 1650. The maximum Gasteiger partial charge on any atom is 0.295 e. The standard InChI is InChI=1S/C24H26N8O4S/c1-13(2)32-22-17(11-27-20(31-22)18-19(14-5-6-14)28-12-29-23(18)36-3)30-21(24(32)33)26-9-15-7-8-16(10-25-15)37(4,34)35/h7-8,10-14H,5-6,9H2,1-4H3,(H,26,30). The Morgan fingerprint density at radius 3 is 2.51 bits per heavy atom. The zero-order chi connectivity index (χ0) is 26.3. The molecule has 0 spiro atoms. The van der Waals surface area contributed by atoms with Crippen LogP contribution in [0.4, 0.5) is 5.82 Å². The second-order valence-corrected chi connectivity index (χ2v) is 11.2. The van der Waals surface area contributed by atoms with E-state index in [4.69, 9.17) is 9.72 Å². The van der Waals surface area contributed by atoms with Gasteiger partial charge < -0.3 is 10.1 Å². The van der Waals surface area contributed by atoms with Crippen LogP contribution in [-0.4, -0.2) is 56.3 Å². The molecule has 0 bridgehead atoms. The summed E-state index contributed by atoms with van der Waals surface area (Å²) in [5.41, 5.74) is 2.49. The number of aromatic nitrogens is 7. The molecular formula is C24H26N8O4S. The first-order valence-electron chi connectivity index (χ1n) is 11.7. The minimum Gasteiger partial charge on any atom is -0.480 e. The van der Waals surface area contributed by atoms with Crippen molar-refractivity contribution in [2.45, 2.75) is 50.1 Å². The third-order valence-electron chi connectivity index (χ3n) is 6.03. The van der Waals surface area contributed by atoms with E-state index >= 15 is 0 Å². The van der Waals surface area contributed by atoms with Crippen LogP contribution in [0.2, 0.25) is 0 Å². The minimum atomic E-state index is -3.34. The van der Waals surface area contributed by atoms with Gasteiger partial charge in [-0.05, 0) is 38.8 Å². The van der Waals surface area contributed by atoms with Crippen molar-refractivity contribution in [2.75, 3.05) is 18.7 Å². The number of methoxy groups -OCH3 is 1. The van der Waals surface area contributed by atoms with Crippen LogP contribution < -0.4 is 15.6 Å². The van der Waals surface area contributed by atoms with Gasteiger partial charge in [-0.2, -0.15) is 0 Å². The molecule has 192 valence electrons. The highest BCUT2D eigenvalue weighted by Gasteiger charge is 2.31. The van der Waals surface area contributed by atoms with E-state index in [-0.39, 0.29) is 28.9 Å². The molecule has 1 N–H and O–H groups in total. The maximum atomic E-state index is 13.4. The number of rotatable bonds is 8. The Hall–Kier alpha value is -4.00. The normalized spacial score (nSPS) is 13.8. The topological polar surface area (TPSA) is 155 Å². The molecule has 12 nitrogen and oxygen atoms in total. The van der Waals surface area contributed by atoms with E-state index < -0.39 is 9.84 Å². The van der Waals surface area contributed by atoms with Crippen LogP contribution in [0.5, 0.6) is 5.88 Å². The van der Waals surface area contributed by atoms with Crippen molar-refractivity contribution >= 4 is 26.8 Å². The second kappa shape index (κ2) is 9.47. The average Bonchev–Trinajstić information content (AvgIpc) is 3.72. The van der Waals surface area contributed by atoms with Crippen molar-refractivity contribution < 1.29 is 13.2 Å². The molecule has 0 radical (unpaired) electrons. The lowest BCUT2D eigenvalue weighted by Gasteiger charge is -2.16. The molecule has 4 heterocycles. The third kappa shape index (κ3) is 4.86. The fraction of sp³-hybridized carbons (Fsp3) is 0.375. The zero-order valence-electron chi connectivity index (χ0n) is 20.8. The van der Waals surface area contributed by atoms with E-state index in [2.05, 4.69) is 30.2 Å². The average molecular weight is 523 g/mol. The van der Waals surface area contributed by atoms with E-state index in [0.29, 0.717) is 40.0 Å². The molecule has 4 aromatic rings. The highest BCUT2D eigenvalue weighted by atomic mass is 32.2. The van der Waals surface area contributed by atoms with E-state index in [1.165, 1.54) is 25.7 Å². The maximum absolute atomic E-state index is 13.4. The van der Waals surface area contributed by atoms with Crippen molar-refractivity contribution in [3.05, 3.63) is 52.6 Å². The molecule has 13 heteroatoms. The molecule has 0 aliphatic heterocycles. The molecule has 1 aliphatic carbocycles. The van der Waals surface area contributed by atoms with E-state index in [1.807, 2.05) is 13.8 Å². The number of nitrogens with zero attached hydrogens (tertiary/aromatic N) is 7. The molecule has 37 heavy (non-hydrogen) atoms. The molecule has 1 fully saturated rings. The molecule has 4 aromatic heterocycles. The van der Waals surface area contributed by atoms with E-state index in [1.54, 1.807) is 16.8 Å². The number of fused-ring (bicyclic) bond motifs is 1. The number of nitrogens with one attached hydrogen (secondary N) is 1. The van der Waals surface area contributed by atoms with Gasteiger partial charge in [0.15, 0.2) is 27.1 Å².